The number of hydrogen-bond donors (Lipinski definition) is 0. The summed E-state index contributed by atoms with van der Waals surface area (Å²) in [7, 11) is 0. The quantitative estimate of drug-likeness (QED) is 0.618. The highest BCUT2D eigenvalue weighted by molar-refractivity contribution is 6.70. The van der Waals surface area contributed by atoms with Gasteiger partial charge in [0.1, 0.15) is 11.5 Å². The molecule has 0 radical (unpaired) electrons. The molecule has 0 atom stereocenters. The van der Waals surface area contributed by atoms with Gasteiger partial charge in [-0.2, -0.15) is 0 Å². The minimum Gasteiger partial charge on any atom is -0.459 e. The summed E-state index contributed by atoms with van der Waals surface area (Å²) < 4.78 is 11.0. The minimum absolute atomic E-state index is 0.138. The normalized spacial score (nSPS) is 10.4. The Hall–Kier alpha value is -2.23. The fraction of sp³-hybridized carbons (Fsp3) is 0.278. The molecule has 0 aromatic heterocycles. The largest absolute Gasteiger partial charge is 0.459 e. The van der Waals surface area contributed by atoms with E-state index in [1.165, 1.54) is 5.46 Å². The number of benzene rings is 2. The summed E-state index contributed by atoms with van der Waals surface area (Å²) >= 11 is 0. The van der Waals surface area contributed by atoms with Crippen LogP contribution in [0, 0.1) is 0 Å². The van der Waals surface area contributed by atoms with E-state index in [2.05, 4.69) is 25.8 Å². The molecule has 2 aromatic rings. The average Bonchev–Trinajstić information content (AvgIpc) is 2.47. The third-order valence-electron chi connectivity index (χ3n) is 3.19. The number of esters is 1. The van der Waals surface area contributed by atoms with Crippen molar-refractivity contribution < 1.29 is 14.3 Å². The standard InChI is InChI=1S/C18H21BO3/c1-13(2)21-18(20)14-6-5-7-17(12-14)22-16-10-8-15(9-11-16)19(3)4/h5-13H,1-4H3. The van der Waals surface area contributed by atoms with E-state index in [1.54, 1.807) is 18.2 Å². The molecule has 0 unspecified atom stereocenters. The molecule has 0 heterocycles. The molecule has 2 rings (SSSR count). The molecule has 0 saturated carbocycles. The summed E-state index contributed by atoms with van der Waals surface area (Å²) in [6.45, 7) is 8.45. The van der Waals surface area contributed by atoms with Crippen molar-refractivity contribution >= 4 is 18.1 Å². The molecule has 0 fully saturated rings. The van der Waals surface area contributed by atoms with Crippen molar-refractivity contribution in [1.82, 2.24) is 0 Å². The summed E-state index contributed by atoms with van der Waals surface area (Å²) in [5.41, 5.74) is 1.76. The van der Waals surface area contributed by atoms with Gasteiger partial charge in [0.15, 0.2) is 6.71 Å². The number of ether oxygens (including phenoxy) is 2. The molecule has 22 heavy (non-hydrogen) atoms. The van der Waals surface area contributed by atoms with E-state index in [0.717, 1.165) is 5.75 Å². The summed E-state index contributed by atoms with van der Waals surface area (Å²) in [5, 5.41) is 0. The zero-order valence-electron chi connectivity index (χ0n) is 13.5. The summed E-state index contributed by atoms with van der Waals surface area (Å²) in [6, 6.07) is 15.0. The van der Waals surface area contributed by atoms with Gasteiger partial charge in [0.25, 0.3) is 0 Å². The number of rotatable bonds is 5. The molecular formula is C18H21BO3. The average molecular weight is 296 g/mol. The monoisotopic (exact) mass is 296 g/mol. The third kappa shape index (κ3) is 4.38. The van der Waals surface area contributed by atoms with Crippen molar-refractivity contribution in [2.75, 3.05) is 0 Å². The van der Waals surface area contributed by atoms with Crippen molar-refractivity contribution in [3.8, 4) is 11.5 Å². The van der Waals surface area contributed by atoms with E-state index in [9.17, 15) is 4.79 Å². The van der Waals surface area contributed by atoms with Crippen LogP contribution in [0.25, 0.3) is 0 Å². The van der Waals surface area contributed by atoms with Gasteiger partial charge < -0.3 is 9.47 Å². The van der Waals surface area contributed by atoms with Gasteiger partial charge in [0.05, 0.1) is 11.7 Å². The zero-order chi connectivity index (χ0) is 16.1. The third-order valence-corrected chi connectivity index (χ3v) is 3.19. The summed E-state index contributed by atoms with van der Waals surface area (Å²) in [6.07, 6.45) is -0.138. The van der Waals surface area contributed by atoms with Gasteiger partial charge in [-0.05, 0) is 44.2 Å². The first-order valence-corrected chi connectivity index (χ1v) is 7.54. The van der Waals surface area contributed by atoms with Gasteiger partial charge in [-0.15, -0.1) is 0 Å². The van der Waals surface area contributed by atoms with Gasteiger partial charge >= 0.3 is 5.97 Å². The van der Waals surface area contributed by atoms with Gasteiger partial charge in [-0.1, -0.05) is 37.3 Å². The highest BCUT2D eigenvalue weighted by Gasteiger charge is 2.10. The lowest BCUT2D eigenvalue weighted by molar-refractivity contribution is 0.0377. The SMILES string of the molecule is CB(C)c1ccc(Oc2cccc(C(=O)OC(C)C)c2)cc1. The van der Waals surface area contributed by atoms with Crippen LogP contribution in [0.5, 0.6) is 11.5 Å². The molecule has 0 N–H and O–H groups in total. The predicted molar refractivity (Wildman–Crippen MR) is 90.6 cm³/mol. The Bertz CT molecular complexity index is 633. The molecule has 2 aromatic carbocycles. The van der Waals surface area contributed by atoms with E-state index >= 15 is 0 Å². The van der Waals surface area contributed by atoms with Crippen molar-refractivity contribution in [2.24, 2.45) is 0 Å². The Labute approximate surface area is 132 Å². The first-order chi connectivity index (χ1) is 10.5. The fourth-order valence-corrected chi connectivity index (χ4v) is 2.03. The van der Waals surface area contributed by atoms with Crippen molar-refractivity contribution in [3.63, 3.8) is 0 Å². The van der Waals surface area contributed by atoms with Crippen LogP contribution in [-0.4, -0.2) is 18.8 Å². The molecule has 114 valence electrons. The van der Waals surface area contributed by atoms with Crippen molar-refractivity contribution in [3.05, 3.63) is 54.1 Å². The maximum absolute atomic E-state index is 11.9. The molecule has 0 spiro atoms. The highest BCUT2D eigenvalue weighted by atomic mass is 16.5. The fourth-order valence-electron chi connectivity index (χ4n) is 2.03. The molecule has 4 heteroatoms. The number of carbonyl (C=O) groups is 1. The Balaban J connectivity index is 2.11. The predicted octanol–water partition coefficient (Wildman–Crippen LogP) is 4.01. The summed E-state index contributed by atoms with van der Waals surface area (Å²) in [5.74, 6) is 1.03. The highest BCUT2D eigenvalue weighted by Crippen LogP contribution is 2.22. The molecule has 3 nitrogen and oxygen atoms in total. The second kappa shape index (κ2) is 7.16. The lowest BCUT2D eigenvalue weighted by atomic mass is 9.49. The van der Waals surface area contributed by atoms with Crippen LogP contribution in [-0.2, 0) is 4.74 Å². The van der Waals surface area contributed by atoms with Gasteiger partial charge in [-0.25, -0.2) is 4.79 Å². The Morgan fingerprint density at radius 1 is 1.00 bits per heavy atom. The molecule has 0 bridgehead atoms. The van der Waals surface area contributed by atoms with Crippen LogP contribution < -0.4 is 10.2 Å². The van der Waals surface area contributed by atoms with Crippen molar-refractivity contribution in [2.45, 2.75) is 33.6 Å². The van der Waals surface area contributed by atoms with E-state index < -0.39 is 0 Å². The molecule has 0 amide bonds. The second-order valence-electron chi connectivity index (χ2n) is 5.81. The Morgan fingerprint density at radius 2 is 1.68 bits per heavy atom. The van der Waals surface area contributed by atoms with E-state index in [4.69, 9.17) is 9.47 Å². The first-order valence-electron chi connectivity index (χ1n) is 7.54. The van der Waals surface area contributed by atoms with Gasteiger partial charge in [-0.3, -0.25) is 0 Å². The van der Waals surface area contributed by atoms with Crippen LogP contribution in [0.3, 0.4) is 0 Å². The Kier molecular flexibility index (Phi) is 5.26. The van der Waals surface area contributed by atoms with Crippen LogP contribution in [0.2, 0.25) is 13.6 Å². The zero-order valence-corrected chi connectivity index (χ0v) is 13.5. The van der Waals surface area contributed by atoms with E-state index in [1.807, 2.05) is 32.0 Å². The molecular weight excluding hydrogens is 275 g/mol. The van der Waals surface area contributed by atoms with Crippen LogP contribution in [0.1, 0.15) is 24.2 Å². The van der Waals surface area contributed by atoms with Gasteiger partial charge in [0.2, 0.25) is 0 Å². The maximum atomic E-state index is 11.9. The maximum Gasteiger partial charge on any atom is 0.338 e. The lowest BCUT2D eigenvalue weighted by Gasteiger charge is -2.10. The topological polar surface area (TPSA) is 35.5 Å². The van der Waals surface area contributed by atoms with Crippen LogP contribution >= 0.6 is 0 Å². The molecule has 0 aliphatic rings. The number of carbonyl (C=O) groups excluding carboxylic acids is 1. The number of hydrogen-bond acceptors (Lipinski definition) is 3. The van der Waals surface area contributed by atoms with Crippen molar-refractivity contribution in [1.29, 1.82) is 0 Å². The second-order valence-corrected chi connectivity index (χ2v) is 5.81. The van der Waals surface area contributed by atoms with E-state index in [-0.39, 0.29) is 12.1 Å². The van der Waals surface area contributed by atoms with E-state index in [0.29, 0.717) is 18.0 Å². The molecule has 0 aliphatic heterocycles. The molecule has 0 aliphatic carbocycles. The van der Waals surface area contributed by atoms with Crippen LogP contribution in [0.4, 0.5) is 0 Å². The minimum atomic E-state index is -0.337. The smallest absolute Gasteiger partial charge is 0.338 e. The van der Waals surface area contributed by atoms with Crippen LogP contribution in [0.15, 0.2) is 48.5 Å². The molecule has 0 saturated heterocycles. The first kappa shape index (κ1) is 16.2. The Morgan fingerprint density at radius 3 is 2.27 bits per heavy atom. The van der Waals surface area contributed by atoms with Gasteiger partial charge in [0, 0.05) is 0 Å². The lowest BCUT2D eigenvalue weighted by Crippen LogP contribution is -2.21. The summed E-state index contributed by atoms with van der Waals surface area (Å²) in [4.78, 5) is 11.9.